The van der Waals surface area contributed by atoms with Crippen LogP contribution >= 0.6 is 11.3 Å². The van der Waals surface area contributed by atoms with Crippen molar-refractivity contribution in [3.05, 3.63) is 64.6 Å². The van der Waals surface area contributed by atoms with Crippen LogP contribution in [0.5, 0.6) is 0 Å². The molecule has 3 rings (SSSR count). The predicted octanol–water partition coefficient (Wildman–Crippen LogP) is 4.53. The third-order valence-electron chi connectivity index (χ3n) is 3.79. The Hall–Kier alpha value is -1.71. The van der Waals surface area contributed by atoms with Crippen LogP contribution in [-0.4, -0.2) is 11.5 Å². The SMILES string of the molecule is CC(NCCCc1nccs1)c1ccc2cccccc1-2. The monoisotopic (exact) mass is 296 g/mol. The number of thiazole rings is 1. The number of rotatable bonds is 6. The van der Waals surface area contributed by atoms with Crippen LogP contribution in [0.15, 0.2) is 54.0 Å². The van der Waals surface area contributed by atoms with Gasteiger partial charge in [0.05, 0.1) is 5.01 Å². The lowest BCUT2D eigenvalue weighted by Crippen LogP contribution is -2.20. The summed E-state index contributed by atoms with van der Waals surface area (Å²) in [5, 5.41) is 6.90. The number of aromatic nitrogens is 1. The minimum atomic E-state index is 0.376. The lowest BCUT2D eigenvalue weighted by molar-refractivity contribution is 0.560. The van der Waals surface area contributed by atoms with Crippen molar-refractivity contribution in [1.82, 2.24) is 10.3 Å². The quantitative estimate of drug-likeness (QED) is 0.676. The molecule has 1 N–H and O–H groups in total. The Morgan fingerprint density at radius 3 is 2.90 bits per heavy atom. The van der Waals surface area contributed by atoms with Crippen LogP contribution in [0.3, 0.4) is 0 Å². The summed E-state index contributed by atoms with van der Waals surface area (Å²) in [5.74, 6) is 0. The summed E-state index contributed by atoms with van der Waals surface area (Å²) >= 11 is 1.74. The Morgan fingerprint density at radius 2 is 2.05 bits per heavy atom. The van der Waals surface area contributed by atoms with E-state index in [-0.39, 0.29) is 0 Å². The fourth-order valence-electron chi connectivity index (χ4n) is 2.66. The first-order valence-electron chi connectivity index (χ1n) is 7.44. The number of aryl methyl sites for hydroxylation is 1. The van der Waals surface area contributed by atoms with Crippen molar-refractivity contribution in [2.75, 3.05) is 6.54 Å². The molecular formula is C18H20N2S. The second-order valence-electron chi connectivity index (χ2n) is 5.27. The molecule has 0 saturated carbocycles. The molecule has 2 aliphatic carbocycles. The molecule has 1 aromatic heterocycles. The first-order chi connectivity index (χ1) is 10.3. The molecule has 0 bridgehead atoms. The molecule has 0 spiro atoms. The average Bonchev–Trinajstić information content (AvgIpc) is 3.09. The largest absolute Gasteiger partial charge is 0.310 e. The molecule has 2 aliphatic rings. The van der Waals surface area contributed by atoms with Crippen molar-refractivity contribution in [3.8, 4) is 11.1 Å². The molecule has 1 unspecified atom stereocenters. The highest BCUT2D eigenvalue weighted by atomic mass is 32.1. The van der Waals surface area contributed by atoms with Crippen LogP contribution < -0.4 is 5.32 Å². The molecule has 0 aromatic carbocycles. The Labute approximate surface area is 130 Å². The van der Waals surface area contributed by atoms with Crippen LogP contribution in [0.2, 0.25) is 0 Å². The van der Waals surface area contributed by atoms with Gasteiger partial charge in [0.2, 0.25) is 0 Å². The lowest BCUT2D eigenvalue weighted by Gasteiger charge is -2.14. The minimum absolute atomic E-state index is 0.376. The van der Waals surface area contributed by atoms with Crippen LogP contribution in [0.1, 0.15) is 30.0 Å². The first kappa shape index (κ1) is 14.2. The summed E-state index contributed by atoms with van der Waals surface area (Å²) in [6.45, 7) is 3.26. The summed E-state index contributed by atoms with van der Waals surface area (Å²) in [6.07, 6.45) is 4.07. The number of hydrogen-bond donors (Lipinski definition) is 1. The van der Waals surface area contributed by atoms with Crippen LogP contribution in [0.25, 0.3) is 11.1 Å². The van der Waals surface area contributed by atoms with E-state index in [2.05, 4.69) is 59.7 Å². The minimum Gasteiger partial charge on any atom is -0.310 e. The normalized spacial score (nSPS) is 12.6. The average molecular weight is 296 g/mol. The highest BCUT2D eigenvalue weighted by Crippen LogP contribution is 2.31. The van der Waals surface area contributed by atoms with Gasteiger partial charge in [-0.3, -0.25) is 0 Å². The summed E-state index contributed by atoms with van der Waals surface area (Å²) in [5.41, 5.74) is 4.04. The van der Waals surface area contributed by atoms with Gasteiger partial charge < -0.3 is 5.32 Å². The Morgan fingerprint density at radius 1 is 1.14 bits per heavy atom. The van der Waals surface area contributed by atoms with E-state index < -0.39 is 0 Å². The van der Waals surface area contributed by atoms with Gasteiger partial charge >= 0.3 is 0 Å². The maximum Gasteiger partial charge on any atom is 0.0925 e. The second-order valence-corrected chi connectivity index (χ2v) is 6.25. The molecule has 0 amide bonds. The van der Waals surface area contributed by atoms with Crippen molar-refractivity contribution in [2.45, 2.75) is 25.8 Å². The molecule has 108 valence electrons. The Bertz CT molecular complexity index is 648. The van der Waals surface area contributed by atoms with Crippen LogP contribution in [0.4, 0.5) is 0 Å². The zero-order chi connectivity index (χ0) is 14.5. The maximum absolute atomic E-state index is 4.32. The molecule has 3 heteroatoms. The smallest absolute Gasteiger partial charge is 0.0925 e. The molecule has 2 nitrogen and oxygen atoms in total. The summed E-state index contributed by atoms with van der Waals surface area (Å²) < 4.78 is 0. The topological polar surface area (TPSA) is 24.9 Å². The first-order valence-corrected chi connectivity index (χ1v) is 8.32. The van der Waals surface area contributed by atoms with E-state index >= 15 is 0 Å². The number of nitrogens with one attached hydrogen (secondary N) is 1. The van der Waals surface area contributed by atoms with E-state index in [1.807, 2.05) is 11.6 Å². The molecule has 0 radical (unpaired) electrons. The second kappa shape index (κ2) is 6.83. The van der Waals surface area contributed by atoms with Crippen molar-refractivity contribution >= 4 is 11.3 Å². The van der Waals surface area contributed by atoms with Crippen molar-refractivity contribution in [3.63, 3.8) is 0 Å². The van der Waals surface area contributed by atoms with Crippen molar-refractivity contribution in [2.24, 2.45) is 0 Å². The van der Waals surface area contributed by atoms with Crippen LogP contribution in [0, 0.1) is 0 Å². The van der Waals surface area contributed by atoms with E-state index in [0.29, 0.717) is 6.04 Å². The van der Waals surface area contributed by atoms with E-state index in [1.165, 1.54) is 21.7 Å². The third-order valence-corrected chi connectivity index (χ3v) is 4.63. The maximum atomic E-state index is 4.32. The standard InChI is InChI=1S/C18H20N2S/c1-14(19-11-5-8-18-20-12-13-21-18)16-10-9-15-6-3-2-4-7-17(15)16/h2-4,6-7,9-10,12-14,19H,5,8,11H2,1H3. The van der Waals surface area contributed by atoms with Crippen LogP contribution in [-0.2, 0) is 6.42 Å². The lowest BCUT2D eigenvalue weighted by atomic mass is 10.0. The van der Waals surface area contributed by atoms with Gasteiger partial charge in [-0.05, 0) is 36.6 Å². The molecular weight excluding hydrogens is 276 g/mol. The van der Waals surface area contributed by atoms with Crippen molar-refractivity contribution in [1.29, 1.82) is 0 Å². The molecule has 1 atom stereocenters. The molecule has 1 heterocycles. The molecule has 21 heavy (non-hydrogen) atoms. The van der Waals surface area contributed by atoms with Gasteiger partial charge in [-0.15, -0.1) is 11.3 Å². The summed E-state index contributed by atoms with van der Waals surface area (Å²) in [4.78, 5) is 4.32. The Kier molecular flexibility index (Phi) is 4.63. The molecule has 0 saturated heterocycles. The molecule has 0 fully saturated rings. The fourth-order valence-corrected chi connectivity index (χ4v) is 3.32. The van der Waals surface area contributed by atoms with Gasteiger partial charge in [-0.25, -0.2) is 4.98 Å². The van der Waals surface area contributed by atoms with E-state index in [0.717, 1.165) is 19.4 Å². The van der Waals surface area contributed by atoms with E-state index in [4.69, 9.17) is 0 Å². The van der Waals surface area contributed by atoms with Gasteiger partial charge in [0.1, 0.15) is 0 Å². The zero-order valence-electron chi connectivity index (χ0n) is 12.3. The number of fused-ring (bicyclic) bond motifs is 1. The van der Waals surface area contributed by atoms with E-state index in [9.17, 15) is 0 Å². The van der Waals surface area contributed by atoms with Gasteiger partial charge in [0.15, 0.2) is 0 Å². The van der Waals surface area contributed by atoms with Gasteiger partial charge in [0, 0.05) is 24.0 Å². The summed E-state index contributed by atoms with van der Waals surface area (Å²) in [7, 11) is 0. The van der Waals surface area contributed by atoms with Gasteiger partial charge in [-0.2, -0.15) is 0 Å². The summed E-state index contributed by atoms with van der Waals surface area (Å²) in [6, 6.07) is 15.5. The molecule has 0 aliphatic heterocycles. The van der Waals surface area contributed by atoms with Gasteiger partial charge in [0.25, 0.3) is 0 Å². The van der Waals surface area contributed by atoms with E-state index in [1.54, 1.807) is 11.3 Å². The zero-order valence-corrected chi connectivity index (χ0v) is 13.1. The van der Waals surface area contributed by atoms with Crippen molar-refractivity contribution < 1.29 is 0 Å². The Balaban J connectivity index is 1.56. The highest BCUT2D eigenvalue weighted by molar-refractivity contribution is 7.09. The number of hydrogen-bond acceptors (Lipinski definition) is 3. The third kappa shape index (κ3) is 3.49. The fraction of sp³-hybridized carbons (Fsp3) is 0.278. The molecule has 1 aromatic rings. The predicted molar refractivity (Wildman–Crippen MR) is 89.9 cm³/mol. The van der Waals surface area contributed by atoms with Gasteiger partial charge in [-0.1, -0.05) is 42.5 Å². The highest BCUT2D eigenvalue weighted by Gasteiger charge is 2.13. The number of nitrogens with zero attached hydrogens (tertiary/aromatic N) is 1.